The van der Waals surface area contributed by atoms with Crippen molar-refractivity contribution in [1.82, 2.24) is 4.98 Å². The Kier molecular flexibility index (Phi) is 4.17. The number of hydrogen-bond donors (Lipinski definition) is 1. The van der Waals surface area contributed by atoms with Gasteiger partial charge in [0.15, 0.2) is 5.01 Å². The summed E-state index contributed by atoms with van der Waals surface area (Å²) >= 11 is 0.752. The summed E-state index contributed by atoms with van der Waals surface area (Å²) in [6.07, 6.45) is 0.0147. The Bertz CT molecular complexity index is 467. The van der Waals surface area contributed by atoms with E-state index in [0.717, 1.165) is 30.6 Å². The average Bonchev–Trinajstić information content (AvgIpc) is 2.77. The Labute approximate surface area is 121 Å². The normalized spacial score (nSPS) is 28.6. The van der Waals surface area contributed by atoms with E-state index in [1.165, 1.54) is 6.20 Å². The van der Waals surface area contributed by atoms with Crippen LogP contribution in [-0.4, -0.2) is 11.0 Å². The molecule has 0 saturated heterocycles. The highest BCUT2D eigenvalue weighted by Crippen LogP contribution is 2.45. The number of thiazole rings is 1. The standard InChI is InChI=1S/C14H21F3N2S/c1-8-4-5-9(10(18)6-8)13(2,3)11-7-19-12(20-11)14(15,16)17/h7-10H,4-6,18H2,1-3H3. The van der Waals surface area contributed by atoms with Crippen LogP contribution in [0.3, 0.4) is 0 Å². The van der Waals surface area contributed by atoms with E-state index in [1.807, 2.05) is 13.8 Å². The summed E-state index contributed by atoms with van der Waals surface area (Å²) in [5.74, 6) is 0.810. The van der Waals surface area contributed by atoms with E-state index in [2.05, 4.69) is 11.9 Å². The lowest BCUT2D eigenvalue weighted by Gasteiger charge is -2.42. The fourth-order valence-corrected chi connectivity index (χ4v) is 4.16. The third-order valence-electron chi connectivity index (χ3n) is 4.47. The highest BCUT2D eigenvalue weighted by Gasteiger charge is 2.42. The molecule has 1 heterocycles. The predicted molar refractivity (Wildman–Crippen MR) is 74.6 cm³/mol. The summed E-state index contributed by atoms with van der Waals surface area (Å²) in [7, 11) is 0. The van der Waals surface area contributed by atoms with Crippen molar-refractivity contribution in [2.24, 2.45) is 17.6 Å². The molecule has 1 saturated carbocycles. The molecule has 114 valence electrons. The Morgan fingerprint density at radius 2 is 1.95 bits per heavy atom. The SMILES string of the molecule is CC1CCC(C(C)(C)c2cnc(C(F)(F)F)s2)C(N)C1. The van der Waals surface area contributed by atoms with Gasteiger partial charge in [-0.3, -0.25) is 0 Å². The van der Waals surface area contributed by atoms with Gasteiger partial charge in [0, 0.05) is 22.5 Å². The van der Waals surface area contributed by atoms with Crippen LogP contribution in [0.4, 0.5) is 13.2 Å². The van der Waals surface area contributed by atoms with Crippen LogP contribution in [0.2, 0.25) is 0 Å². The van der Waals surface area contributed by atoms with Gasteiger partial charge in [0.25, 0.3) is 0 Å². The molecule has 1 aliphatic carbocycles. The summed E-state index contributed by atoms with van der Waals surface area (Å²) in [6, 6.07) is 0.0465. The fraction of sp³-hybridized carbons (Fsp3) is 0.786. The zero-order valence-electron chi connectivity index (χ0n) is 12.0. The maximum absolute atomic E-state index is 12.7. The van der Waals surface area contributed by atoms with E-state index in [4.69, 9.17) is 5.73 Å². The maximum atomic E-state index is 12.7. The van der Waals surface area contributed by atoms with Gasteiger partial charge in [0.05, 0.1) is 0 Å². The van der Waals surface area contributed by atoms with Crippen LogP contribution in [-0.2, 0) is 11.6 Å². The van der Waals surface area contributed by atoms with E-state index in [0.29, 0.717) is 10.8 Å². The number of halogens is 3. The molecule has 1 aromatic rings. The van der Waals surface area contributed by atoms with Gasteiger partial charge in [-0.25, -0.2) is 4.98 Å². The lowest BCUT2D eigenvalue weighted by atomic mass is 9.66. The third kappa shape index (κ3) is 3.01. The number of nitrogens with zero attached hydrogens (tertiary/aromatic N) is 1. The van der Waals surface area contributed by atoms with Crippen molar-refractivity contribution < 1.29 is 13.2 Å². The van der Waals surface area contributed by atoms with Crippen molar-refractivity contribution in [3.63, 3.8) is 0 Å². The van der Waals surface area contributed by atoms with Crippen LogP contribution in [0.15, 0.2) is 6.20 Å². The lowest BCUT2D eigenvalue weighted by Crippen LogP contribution is -2.45. The molecule has 2 rings (SSSR count). The summed E-state index contributed by atoms with van der Waals surface area (Å²) in [6.45, 7) is 6.15. The molecule has 3 atom stereocenters. The number of nitrogens with two attached hydrogens (primary N) is 1. The molecule has 0 radical (unpaired) electrons. The quantitative estimate of drug-likeness (QED) is 0.889. The van der Waals surface area contributed by atoms with Crippen molar-refractivity contribution in [2.45, 2.75) is 57.7 Å². The van der Waals surface area contributed by atoms with Gasteiger partial charge in [-0.2, -0.15) is 13.2 Å². The van der Waals surface area contributed by atoms with Crippen LogP contribution in [0.1, 0.15) is 49.9 Å². The number of hydrogen-bond acceptors (Lipinski definition) is 3. The van der Waals surface area contributed by atoms with Gasteiger partial charge in [0.1, 0.15) is 0 Å². The minimum Gasteiger partial charge on any atom is -0.327 e. The second-order valence-electron chi connectivity index (χ2n) is 6.44. The lowest BCUT2D eigenvalue weighted by molar-refractivity contribution is -0.137. The fourth-order valence-electron chi connectivity index (χ4n) is 3.21. The molecule has 0 aromatic carbocycles. The van der Waals surface area contributed by atoms with Gasteiger partial charge in [-0.1, -0.05) is 27.2 Å². The highest BCUT2D eigenvalue weighted by atomic mass is 32.1. The van der Waals surface area contributed by atoms with E-state index < -0.39 is 11.2 Å². The summed E-state index contributed by atoms with van der Waals surface area (Å²) < 4.78 is 38.0. The Balaban J connectivity index is 2.23. The van der Waals surface area contributed by atoms with E-state index in [1.54, 1.807) is 0 Å². The zero-order valence-corrected chi connectivity index (χ0v) is 12.8. The van der Waals surface area contributed by atoms with Crippen molar-refractivity contribution in [3.05, 3.63) is 16.1 Å². The number of aromatic nitrogens is 1. The van der Waals surface area contributed by atoms with Crippen molar-refractivity contribution in [1.29, 1.82) is 0 Å². The second kappa shape index (κ2) is 5.30. The van der Waals surface area contributed by atoms with Crippen molar-refractivity contribution in [2.75, 3.05) is 0 Å². The predicted octanol–water partition coefficient (Wildman–Crippen LogP) is 4.20. The van der Waals surface area contributed by atoms with Gasteiger partial charge in [-0.05, 0) is 24.7 Å². The molecular formula is C14H21F3N2S. The Hall–Kier alpha value is -0.620. The van der Waals surface area contributed by atoms with Crippen molar-refractivity contribution in [3.8, 4) is 0 Å². The molecule has 0 amide bonds. The molecule has 1 aliphatic rings. The minimum atomic E-state index is -4.36. The molecular weight excluding hydrogens is 285 g/mol. The van der Waals surface area contributed by atoms with Crippen LogP contribution >= 0.6 is 11.3 Å². The van der Waals surface area contributed by atoms with Crippen molar-refractivity contribution >= 4 is 11.3 Å². The summed E-state index contributed by atoms with van der Waals surface area (Å²) in [5, 5.41) is -0.765. The summed E-state index contributed by atoms with van der Waals surface area (Å²) in [5.41, 5.74) is 5.89. The molecule has 2 N–H and O–H groups in total. The van der Waals surface area contributed by atoms with Crippen LogP contribution in [0.5, 0.6) is 0 Å². The van der Waals surface area contributed by atoms with E-state index in [-0.39, 0.29) is 17.4 Å². The Morgan fingerprint density at radius 1 is 1.30 bits per heavy atom. The zero-order chi connectivity index (χ0) is 15.1. The first-order chi connectivity index (χ1) is 9.12. The topological polar surface area (TPSA) is 38.9 Å². The molecule has 0 spiro atoms. The van der Waals surface area contributed by atoms with Gasteiger partial charge in [-0.15, -0.1) is 11.3 Å². The maximum Gasteiger partial charge on any atom is 0.443 e. The first kappa shape index (κ1) is 15.8. The average molecular weight is 306 g/mol. The molecule has 2 nitrogen and oxygen atoms in total. The number of rotatable bonds is 2. The molecule has 0 aliphatic heterocycles. The third-order valence-corrected chi connectivity index (χ3v) is 5.85. The smallest absolute Gasteiger partial charge is 0.327 e. The van der Waals surface area contributed by atoms with Gasteiger partial charge >= 0.3 is 6.18 Å². The van der Waals surface area contributed by atoms with Gasteiger partial charge < -0.3 is 5.73 Å². The summed E-state index contributed by atoms with van der Waals surface area (Å²) in [4.78, 5) is 4.22. The molecule has 1 aromatic heterocycles. The monoisotopic (exact) mass is 306 g/mol. The first-order valence-corrected chi connectivity index (χ1v) is 7.73. The Morgan fingerprint density at radius 3 is 2.45 bits per heavy atom. The molecule has 6 heteroatoms. The van der Waals surface area contributed by atoms with Crippen LogP contribution < -0.4 is 5.73 Å². The van der Waals surface area contributed by atoms with Crippen LogP contribution in [0.25, 0.3) is 0 Å². The van der Waals surface area contributed by atoms with Gasteiger partial charge in [0.2, 0.25) is 0 Å². The second-order valence-corrected chi connectivity index (χ2v) is 7.47. The van der Waals surface area contributed by atoms with Crippen LogP contribution in [0, 0.1) is 11.8 Å². The number of alkyl halides is 3. The molecule has 20 heavy (non-hydrogen) atoms. The highest BCUT2D eigenvalue weighted by molar-refractivity contribution is 7.11. The molecule has 1 fully saturated rings. The molecule has 3 unspecified atom stereocenters. The van der Waals surface area contributed by atoms with E-state index >= 15 is 0 Å². The molecule has 0 bridgehead atoms. The first-order valence-electron chi connectivity index (χ1n) is 6.91. The minimum absolute atomic E-state index is 0.0465. The van der Waals surface area contributed by atoms with E-state index in [9.17, 15) is 13.2 Å². The largest absolute Gasteiger partial charge is 0.443 e.